The van der Waals surface area contributed by atoms with Crippen LogP contribution in [0.2, 0.25) is 5.32 Å². The van der Waals surface area contributed by atoms with Crippen molar-refractivity contribution in [2.75, 3.05) is 0 Å². The molecule has 0 aromatic heterocycles. The van der Waals surface area contributed by atoms with Crippen LogP contribution in [0.15, 0.2) is 54.6 Å². The van der Waals surface area contributed by atoms with Crippen LogP contribution in [0, 0.1) is 0 Å². The van der Waals surface area contributed by atoms with E-state index < -0.39 is 0 Å². The van der Waals surface area contributed by atoms with Crippen LogP contribution in [-0.2, 0) is 0 Å². The van der Waals surface area contributed by atoms with E-state index in [2.05, 4.69) is 0 Å². The molecule has 2 aromatic rings. The summed E-state index contributed by atoms with van der Waals surface area (Å²) in [6.07, 6.45) is 0. The maximum absolute atomic E-state index is 11.9. The van der Waals surface area contributed by atoms with Crippen LogP contribution in [0.5, 0.6) is 5.75 Å². The summed E-state index contributed by atoms with van der Waals surface area (Å²) in [6.45, 7) is 0. The molecule has 0 radical (unpaired) electrons. The molecule has 0 saturated carbocycles. The number of Topliss-reactive ketones (excluding diaryl/α,β-unsaturated/α-hetero) is 1. The molecule has 2 aromatic carbocycles. The van der Waals surface area contributed by atoms with Gasteiger partial charge in [0.15, 0.2) is 0 Å². The Hall–Kier alpha value is -1.57. The maximum atomic E-state index is 11.9. The van der Waals surface area contributed by atoms with Crippen molar-refractivity contribution in [3.8, 4) is 5.75 Å². The Morgan fingerprint density at radius 1 is 1.00 bits per heavy atom. The van der Waals surface area contributed by atoms with Crippen molar-refractivity contribution < 1.29 is 9.90 Å². The average Bonchev–Trinajstić information content (AvgIpc) is 2.38. The van der Waals surface area contributed by atoms with Gasteiger partial charge in [-0.1, -0.05) is 0 Å². The molecule has 2 nitrogen and oxygen atoms in total. The third-order valence-electron chi connectivity index (χ3n) is 2.30. The van der Waals surface area contributed by atoms with Crippen LogP contribution in [0.3, 0.4) is 0 Å². The van der Waals surface area contributed by atoms with E-state index >= 15 is 0 Å². The number of carbonyl (C=O) groups excluding carboxylic acids is 1. The third-order valence-corrected chi connectivity index (χ3v) is 4.43. The van der Waals surface area contributed by atoms with Crippen molar-refractivity contribution in [3.05, 3.63) is 60.2 Å². The molecule has 0 spiro atoms. The van der Waals surface area contributed by atoms with Crippen LogP contribution in [0.4, 0.5) is 0 Å². The first kappa shape index (κ1) is 11.9. The summed E-state index contributed by atoms with van der Waals surface area (Å²) in [7, 11) is 0. The van der Waals surface area contributed by atoms with E-state index in [1.54, 1.807) is 24.3 Å². The number of ketones is 1. The standard InChI is InChI=1S/C14H12O2Se/c15-12-8-6-11(7-9-12)14(16)10-17-13-4-2-1-3-5-13/h1-9,15H,10H2. The number of phenols is 1. The quantitative estimate of drug-likeness (QED) is 0.691. The van der Waals surface area contributed by atoms with Crippen molar-refractivity contribution in [2.45, 2.75) is 5.32 Å². The van der Waals surface area contributed by atoms with E-state index in [1.165, 1.54) is 4.46 Å². The van der Waals surface area contributed by atoms with Gasteiger partial charge in [-0.15, -0.1) is 0 Å². The number of aromatic hydroxyl groups is 1. The number of hydrogen-bond donors (Lipinski definition) is 1. The fourth-order valence-corrected chi connectivity index (χ4v) is 3.10. The predicted octanol–water partition coefficient (Wildman–Crippen LogP) is 2.02. The van der Waals surface area contributed by atoms with Gasteiger partial charge >= 0.3 is 106 Å². The number of hydrogen-bond acceptors (Lipinski definition) is 2. The van der Waals surface area contributed by atoms with Crippen molar-refractivity contribution in [1.82, 2.24) is 0 Å². The summed E-state index contributed by atoms with van der Waals surface area (Å²) >= 11 is 0.177. The third kappa shape index (κ3) is 3.45. The summed E-state index contributed by atoms with van der Waals surface area (Å²) in [6, 6.07) is 16.5. The topological polar surface area (TPSA) is 37.3 Å². The van der Waals surface area contributed by atoms with Gasteiger partial charge in [0.05, 0.1) is 0 Å². The molecule has 0 aliphatic heterocycles. The number of carbonyl (C=O) groups is 1. The van der Waals surface area contributed by atoms with Gasteiger partial charge in [0.1, 0.15) is 0 Å². The van der Waals surface area contributed by atoms with Crippen LogP contribution >= 0.6 is 0 Å². The Balaban J connectivity index is 1.96. The van der Waals surface area contributed by atoms with Gasteiger partial charge < -0.3 is 0 Å². The van der Waals surface area contributed by atoms with Gasteiger partial charge in [0.25, 0.3) is 0 Å². The monoisotopic (exact) mass is 292 g/mol. The molecule has 0 bridgehead atoms. The first-order chi connectivity index (χ1) is 8.25. The van der Waals surface area contributed by atoms with Gasteiger partial charge in [0.2, 0.25) is 0 Å². The summed E-state index contributed by atoms with van der Waals surface area (Å²) in [5.74, 6) is 0.323. The van der Waals surface area contributed by atoms with Crippen molar-refractivity contribution in [3.63, 3.8) is 0 Å². The van der Waals surface area contributed by atoms with Crippen LogP contribution < -0.4 is 4.46 Å². The molecule has 0 amide bonds. The minimum atomic E-state index is 0.133. The zero-order valence-corrected chi connectivity index (χ0v) is 10.9. The molecule has 0 saturated heterocycles. The second-order valence-corrected chi connectivity index (χ2v) is 5.77. The van der Waals surface area contributed by atoms with Crippen LogP contribution in [0.1, 0.15) is 10.4 Å². The molecule has 0 atom stereocenters. The van der Waals surface area contributed by atoms with E-state index in [0.29, 0.717) is 10.9 Å². The Bertz CT molecular complexity index is 491. The Labute approximate surface area is 106 Å². The van der Waals surface area contributed by atoms with E-state index in [1.807, 2.05) is 30.3 Å². The summed E-state index contributed by atoms with van der Waals surface area (Å²) in [5, 5.41) is 9.70. The summed E-state index contributed by atoms with van der Waals surface area (Å²) in [5.41, 5.74) is 0.667. The molecular formula is C14H12O2Se. The van der Waals surface area contributed by atoms with Crippen molar-refractivity contribution >= 4 is 25.2 Å². The zero-order valence-electron chi connectivity index (χ0n) is 9.17. The second kappa shape index (κ2) is 5.67. The summed E-state index contributed by atoms with van der Waals surface area (Å²) < 4.78 is 1.23. The molecule has 1 N–H and O–H groups in total. The molecule has 0 unspecified atom stereocenters. The van der Waals surface area contributed by atoms with Crippen molar-refractivity contribution in [1.29, 1.82) is 0 Å². The van der Waals surface area contributed by atoms with E-state index in [9.17, 15) is 4.79 Å². The number of rotatable bonds is 4. The molecule has 3 heteroatoms. The molecule has 0 heterocycles. The molecular weight excluding hydrogens is 279 g/mol. The van der Waals surface area contributed by atoms with E-state index in [-0.39, 0.29) is 26.5 Å². The number of phenolic OH excluding ortho intramolecular Hbond substituents is 1. The SMILES string of the molecule is O=C(C[Se]c1ccccc1)c1ccc(O)cc1. The van der Waals surface area contributed by atoms with Gasteiger partial charge in [-0.05, 0) is 0 Å². The van der Waals surface area contributed by atoms with E-state index in [4.69, 9.17) is 5.11 Å². The van der Waals surface area contributed by atoms with E-state index in [0.717, 1.165) is 0 Å². The van der Waals surface area contributed by atoms with Crippen LogP contribution in [-0.4, -0.2) is 25.8 Å². The first-order valence-electron chi connectivity index (χ1n) is 5.26. The van der Waals surface area contributed by atoms with Gasteiger partial charge in [-0.3, -0.25) is 0 Å². The van der Waals surface area contributed by atoms with Crippen LogP contribution in [0.25, 0.3) is 0 Å². The molecule has 0 fully saturated rings. The Morgan fingerprint density at radius 2 is 1.65 bits per heavy atom. The molecule has 0 aliphatic carbocycles. The predicted molar refractivity (Wildman–Crippen MR) is 69.1 cm³/mol. The van der Waals surface area contributed by atoms with Gasteiger partial charge in [-0.2, -0.15) is 0 Å². The minimum absolute atomic E-state index is 0.133. The Morgan fingerprint density at radius 3 is 2.29 bits per heavy atom. The molecule has 17 heavy (non-hydrogen) atoms. The molecule has 0 aliphatic rings. The van der Waals surface area contributed by atoms with Gasteiger partial charge in [-0.25, -0.2) is 0 Å². The number of benzene rings is 2. The van der Waals surface area contributed by atoms with Gasteiger partial charge in [0, 0.05) is 0 Å². The molecule has 86 valence electrons. The normalized spacial score (nSPS) is 10.1. The fraction of sp³-hybridized carbons (Fsp3) is 0.0714. The van der Waals surface area contributed by atoms with Crippen molar-refractivity contribution in [2.24, 2.45) is 0 Å². The Kier molecular flexibility index (Phi) is 3.97. The zero-order chi connectivity index (χ0) is 12.1. The summed E-state index contributed by atoms with van der Waals surface area (Å²) in [4.78, 5) is 11.9. The first-order valence-corrected chi connectivity index (χ1v) is 7.32. The molecule has 2 rings (SSSR count). The average molecular weight is 291 g/mol. The second-order valence-electron chi connectivity index (χ2n) is 3.57. The fourth-order valence-electron chi connectivity index (χ4n) is 1.40.